The molecule has 6 heterocycles. The predicted molar refractivity (Wildman–Crippen MR) is 176 cm³/mol. The number of aromatic hydroxyl groups is 1. The molecule has 0 radical (unpaired) electrons. The zero-order chi connectivity index (χ0) is 35.9. The predicted octanol–water partition coefficient (Wildman–Crippen LogP) is 5.11. The molecule has 0 spiro atoms. The number of phenols is 1. The third kappa shape index (κ3) is 4.85. The summed E-state index contributed by atoms with van der Waals surface area (Å²) in [6, 6.07) is 5.18. The number of piperazine rings is 1. The van der Waals surface area contributed by atoms with Gasteiger partial charge in [0.15, 0.2) is 5.82 Å². The van der Waals surface area contributed by atoms with E-state index in [1.807, 2.05) is 4.90 Å². The summed E-state index contributed by atoms with van der Waals surface area (Å²) in [6.45, 7) is 3.69. The molecule has 9 nitrogen and oxygen atoms in total. The molecule has 2 bridgehead atoms. The first kappa shape index (κ1) is 27.7. The lowest BCUT2D eigenvalue weighted by molar-refractivity contribution is 0.0350. The van der Waals surface area contributed by atoms with Crippen molar-refractivity contribution in [1.82, 2.24) is 25.2 Å². The number of nitrogens with one attached hydrogen (secondary N) is 1. The summed E-state index contributed by atoms with van der Waals surface area (Å²) in [7, 11) is -2.60. The van der Waals surface area contributed by atoms with Gasteiger partial charge >= 0.3 is 6.01 Å². The molecule has 0 saturated carbocycles. The number of nitrogens with zero attached hydrogens (tertiary/aromatic N) is 5. The normalized spacial score (nSPS) is 28.6. The second-order valence-corrected chi connectivity index (χ2v) is 13.7. The monoisotopic (exact) mass is 661 g/mol. The molecular formula is C36H37F3N6O3. The number of alkyl halides is 1. The number of methoxy groups -OCH3 is 1. The Morgan fingerprint density at radius 3 is 2.96 bits per heavy atom. The molecule has 4 saturated heterocycles. The summed E-state index contributed by atoms with van der Waals surface area (Å²) in [5, 5.41) is 15.0. The van der Waals surface area contributed by atoms with Crippen molar-refractivity contribution in [3.63, 3.8) is 0 Å². The van der Waals surface area contributed by atoms with Crippen LogP contribution in [0, 0.1) is 24.0 Å². The minimum atomic E-state index is -2.60. The highest BCUT2D eigenvalue weighted by Gasteiger charge is 2.50. The van der Waals surface area contributed by atoms with Gasteiger partial charge in [0.05, 0.1) is 32.2 Å². The lowest BCUT2D eigenvalue weighted by Gasteiger charge is -2.44. The molecule has 3 unspecified atom stereocenters. The van der Waals surface area contributed by atoms with Gasteiger partial charge in [0, 0.05) is 56.3 Å². The third-order valence-corrected chi connectivity index (χ3v) is 10.9. The van der Waals surface area contributed by atoms with E-state index >= 15 is 4.39 Å². The number of fused-ring (bicyclic) bond motifs is 5. The highest BCUT2D eigenvalue weighted by atomic mass is 19.1. The van der Waals surface area contributed by atoms with Gasteiger partial charge in [-0.3, -0.25) is 9.88 Å². The molecular weight excluding hydrogens is 621 g/mol. The van der Waals surface area contributed by atoms with E-state index in [1.54, 1.807) is 6.92 Å². The highest BCUT2D eigenvalue weighted by Crippen LogP contribution is 2.43. The van der Waals surface area contributed by atoms with E-state index in [2.05, 4.69) is 26.1 Å². The number of phenolic OH excluding ortho intramolecular Hbond substituents is 1. The van der Waals surface area contributed by atoms with Crippen LogP contribution in [0.4, 0.5) is 19.0 Å². The van der Waals surface area contributed by atoms with Crippen molar-refractivity contribution in [1.29, 1.82) is 0 Å². The Kier molecular flexibility index (Phi) is 6.63. The first-order valence-electron chi connectivity index (χ1n) is 17.8. The van der Waals surface area contributed by atoms with Gasteiger partial charge in [0.1, 0.15) is 41.4 Å². The van der Waals surface area contributed by atoms with Crippen molar-refractivity contribution in [3.8, 4) is 35.4 Å². The van der Waals surface area contributed by atoms with Crippen LogP contribution in [-0.4, -0.2) is 94.2 Å². The summed E-state index contributed by atoms with van der Waals surface area (Å²) in [5.74, 6) is 0.942. The van der Waals surface area contributed by atoms with Crippen LogP contribution in [0.2, 0.25) is 0 Å². The largest absolute Gasteiger partial charge is 0.508 e. The Hall–Kier alpha value is -4.18. The maximum atomic E-state index is 17.0. The molecule has 2 aromatic heterocycles. The maximum Gasteiger partial charge on any atom is 0.319 e. The summed E-state index contributed by atoms with van der Waals surface area (Å²) in [4.78, 5) is 17.9. The van der Waals surface area contributed by atoms with Crippen LogP contribution >= 0.6 is 0 Å². The number of anilines is 1. The van der Waals surface area contributed by atoms with Gasteiger partial charge in [-0.15, -0.1) is 6.42 Å². The van der Waals surface area contributed by atoms with Crippen LogP contribution in [0.1, 0.15) is 48.7 Å². The third-order valence-electron chi connectivity index (χ3n) is 10.9. The van der Waals surface area contributed by atoms with Gasteiger partial charge in [0.2, 0.25) is 0 Å². The average molecular weight is 662 g/mol. The van der Waals surface area contributed by atoms with Crippen molar-refractivity contribution >= 4 is 27.5 Å². The SMILES string of the molecule is [2H]C([2H])([2H])OC(C)C12CCC(CN(c3nc(OC[C@@]45CCCN4C[C@H](F)C5)nc4c(F)c(-c5cc(O)cc6ccc(F)c(C#C)c56)ncc34)C1)N2. The zero-order valence-corrected chi connectivity index (χ0v) is 26.4. The van der Waals surface area contributed by atoms with Crippen LogP contribution in [-0.2, 0) is 4.74 Å². The Morgan fingerprint density at radius 2 is 2.12 bits per heavy atom. The standard InChI is InChI=1S/C36H37F3N6O3/c1-4-25-28(38)7-6-21-12-24(46)13-26(29(21)25)31-30(39)32-27(15-40-31)33(44-17-23-8-10-36(18-44,43-23)20(2)47-3)42-34(41-32)48-19-35-9-5-11-45(35)16-22(37)14-35/h1,6-7,12-13,15,20,22-23,43,46H,5,8-11,14,16-19H2,2-3H3/t20?,22-,23?,35+,36?/m1/s1/i3D3. The number of rotatable bonds is 7. The zero-order valence-electron chi connectivity index (χ0n) is 29.4. The van der Waals surface area contributed by atoms with Gasteiger partial charge < -0.3 is 24.8 Å². The fraction of sp³-hybridized carbons (Fsp3) is 0.472. The number of ether oxygens (including phenoxy) is 2. The quantitative estimate of drug-likeness (QED) is 0.262. The van der Waals surface area contributed by atoms with Gasteiger partial charge in [-0.25, -0.2) is 13.2 Å². The number of pyridine rings is 1. The number of aromatic nitrogens is 3. The van der Waals surface area contributed by atoms with E-state index in [9.17, 15) is 13.9 Å². The fourth-order valence-corrected chi connectivity index (χ4v) is 8.55. The summed E-state index contributed by atoms with van der Waals surface area (Å²) in [6.07, 6.45) is 8.83. The summed E-state index contributed by atoms with van der Waals surface area (Å²) < 4.78 is 81.4. The fourth-order valence-electron chi connectivity index (χ4n) is 8.55. The lowest BCUT2D eigenvalue weighted by atomic mass is 9.90. The number of hydrogen-bond donors (Lipinski definition) is 2. The molecule has 4 fully saturated rings. The molecule has 4 aliphatic heterocycles. The van der Waals surface area contributed by atoms with E-state index in [1.165, 1.54) is 30.5 Å². The summed E-state index contributed by atoms with van der Waals surface area (Å²) >= 11 is 0. The Labute approximate surface area is 280 Å². The smallest absolute Gasteiger partial charge is 0.319 e. The van der Waals surface area contributed by atoms with E-state index in [-0.39, 0.29) is 57.5 Å². The molecule has 8 rings (SSSR count). The Morgan fingerprint density at radius 1 is 1.25 bits per heavy atom. The van der Waals surface area contributed by atoms with Crippen LogP contribution in [0.5, 0.6) is 11.8 Å². The molecule has 0 aliphatic carbocycles. The van der Waals surface area contributed by atoms with Crippen molar-refractivity contribution in [2.75, 3.05) is 44.7 Å². The van der Waals surface area contributed by atoms with Crippen LogP contribution in [0.15, 0.2) is 30.5 Å². The molecule has 2 N–H and O–H groups in total. The van der Waals surface area contributed by atoms with E-state index < -0.39 is 42.0 Å². The molecule has 2 aromatic carbocycles. The molecule has 250 valence electrons. The first-order chi connectivity index (χ1) is 24.3. The van der Waals surface area contributed by atoms with Crippen LogP contribution in [0.25, 0.3) is 32.9 Å². The molecule has 12 heteroatoms. The van der Waals surface area contributed by atoms with Crippen molar-refractivity contribution in [2.45, 2.75) is 68.4 Å². The van der Waals surface area contributed by atoms with Gasteiger partial charge in [0.25, 0.3) is 0 Å². The molecule has 4 aliphatic rings. The molecule has 4 aromatic rings. The van der Waals surface area contributed by atoms with Gasteiger partial charge in [-0.1, -0.05) is 12.0 Å². The Balaban J connectivity index is 1.26. The van der Waals surface area contributed by atoms with E-state index in [0.717, 1.165) is 25.8 Å². The number of halogens is 3. The van der Waals surface area contributed by atoms with Crippen LogP contribution in [0.3, 0.4) is 0 Å². The molecule has 48 heavy (non-hydrogen) atoms. The van der Waals surface area contributed by atoms with E-state index in [4.69, 9.17) is 25.0 Å². The van der Waals surface area contributed by atoms with Crippen molar-refractivity contribution < 1.29 is 31.9 Å². The van der Waals surface area contributed by atoms with Crippen LogP contribution < -0.4 is 15.0 Å². The maximum absolute atomic E-state index is 17.0. The topological polar surface area (TPSA) is 95.9 Å². The highest BCUT2D eigenvalue weighted by molar-refractivity contribution is 6.03. The number of benzene rings is 2. The second-order valence-electron chi connectivity index (χ2n) is 13.7. The van der Waals surface area contributed by atoms with E-state index in [0.29, 0.717) is 43.7 Å². The molecule has 0 amide bonds. The lowest BCUT2D eigenvalue weighted by Crippen LogP contribution is -2.64. The summed E-state index contributed by atoms with van der Waals surface area (Å²) in [5.41, 5.74) is -1.62. The Bertz CT molecular complexity index is 2100. The van der Waals surface area contributed by atoms with Crippen molar-refractivity contribution in [3.05, 3.63) is 47.7 Å². The van der Waals surface area contributed by atoms with Crippen molar-refractivity contribution in [2.24, 2.45) is 0 Å². The second kappa shape index (κ2) is 11.5. The first-order valence-corrected chi connectivity index (χ1v) is 16.3. The average Bonchev–Trinajstić information content (AvgIpc) is 3.71. The molecule has 5 atom stereocenters. The van der Waals surface area contributed by atoms with Gasteiger partial charge in [-0.05, 0) is 62.7 Å². The number of terminal acetylenes is 1. The number of hydrogen-bond acceptors (Lipinski definition) is 9. The minimum Gasteiger partial charge on any atom is -0.508 e. The minimum absolute atomic E-state index is 0.0329. The van der Waals surface area contributed by atoms with Gasteiger partial charge in [-0.2, -0.15) is 9.97 Å².